The fourth-order valence-corrected chi connectivity index (χ4v) is 2.70. The van der Waals surface area contributed by atoms with Crippen molar-refractivity contribution in [2.24, 2.45) is 0 Å². The first-order valence-electron chi connectivity index (χ1n) is 7.08. The SMILES string of the molecule is C#CC(CC)NC(C)c1ccc2c(c1)CCCC2. The third-order valence-corrected chi connectivity index (χ3v) is 3.93. The topological polar surface area (TPSA) is 12.0 Å². The Kier molecular flexibility index (Phi) is 4.44. The van der Waals surface area contributed by atoms with E-state index in [0.29, 0.717) is 6.04 Å². The van der Waals surface area contributed by atoms with Gasteiger partial charge < -0.3 is 0 Å². The van der Waals surface area contributed by atoms with Crippen LogP contribution in [0.4, 0.5) is 0 Å². The molecule has 1 nitrogen and oxygen atoms in total. The second-order valence-corrected chi connectivity index (χ2v) is 5.25. The lowest BCUT2D eigenvalue weighted by Gasteiger charge is -2.22. The van der Waals surface area contributed by atoms with Crippen LogP contribution in [0.2, 0.25) is 0 Å². The van der Waals surface area contributed by atoms with Gasteiger partial charge in [-0.15, -0.1) is 6.42 Å². The molecular weight excluding hydrogens is 218 g/mol. The number of hydrogen-bond acceptors (Lipinski definition) is 1. The lowest BCUT2D eigenvalue weighted by molar-refractivity contribution is 0.511. The molecule has 2 unspecified atom stereocenters. The zero-order chi connectivity index (χ0) is 13.0. The Hall–Kier alpha value is -1.26. The van der Waals surface area contributed by atoms with Gasteiger partial charge in [0.15, 0.2) is 0 Å². The molecular formula is C17H23N. The molecule has 1 aliphatic rings. The summed E-state index contributed by atoms with van der Waals surface area (Å²) in [6, 6.07) is 7.44. The van der Waals surface area contributed by atoms with E-state index in [1.54, 1.807) is 11.1 Å². The van der Waals surface area contributed by atoms with Crippen LogP contribution < -0.4 is 5.32 Å². The first-order valence-corrected chi connectivity index (χ1v) is 7.08. The molecule has 18 heavy (non-hydrogen) atoms. The van der Waals surface area contributed by atoms with Gasteiger partial charge >= 0.3 is 0 Å². The molecule has 0 bridgehead atoms. The zero-order valence-electron chi connectivity index (χ0n) is 11.5. The highest BCUT2D eigenvalue weighted by Gasteiger charge is 2.13. The summed E-state index contributed by atoms with van der Waals surface area (Å²) < 4.78 is 0. The highest BCUT2D eigenvalue weighted by Crippen LogP contribution is 2.24. The summed E-state index contributed by atoms with van der Waals surface area (Å²) >= 11 is 0. The molecule has 1 N–H and O–H groups in total. The molecule has 1 heteroatoms. The van der Waals surface area contributed by atoms with Gasteiger partial charge in [-0.3, -0.25) is 5.32 Å². The summed E-state index contributed by atoms with van der Waals surface area (Å²) in [5.41, 5.74) is 4.45. The molecule has 0 radical (unpaired) electrons. The fraction of sp³-hybridized carbons (Fsp3) is 0.529. The fourth-order valence-electron chi connectivity index (χ4n) is 2.70. The van der Waals surface area contributed by atoms with Crippen molar-refractivity contribution in [2.45, 2.75) is 58.0 Å². The summed E-state index contributed by atoms with van der Waals surface area (Å²) in [6.45, 7) is 4.32. The lowest BCUT2D eigenvalue weighted by Crippen LogP contribution is -2.29. The monoisotopic (exact) mass is 241 g/mol. The van der Waals surface area contributed by atoms with E-state index in [0.717, 1.165) is 6.42 Å². The standard InChI is InChI=1S/C17H23N/c1-4-17(5-2)18-13(3)15-11-10-14-8-6-7-9-16(14)12-15/h1,10-13,17-18H,5-9H2,2-3H3. The summed E-state index contributed by atoms with van der Waals surface area (Å²) in [7, 11) is 0. The van der Waals surface area contributed by atoms with E-state index in [1.165, 1.54) is 31.2 Å². The molecule has 96 valence electrons. The van der Waals surface area contributed by atoms with Crippen LogP contribution in [0.15, 0.2) is 18.2 Å². The Balaban J connectivity index is 2.11. The van der Waals surface area contributed by atoms with E-state index < -0.39 is 0 Å². The Morgan fingerprint density at radius 1 is 1.28 bits per heavy atom. The second-order valence-electron chi connectivity index (χ2n) is 5.25. The number of rotatable bonds is 4. The zero-order valence-corrected chi connectivity index (χ0v) is 11.5. The smallest absolute Gasteiger partial charge is 0.0688 e. The Bertz CT molecular complexity index is 441. The van der Waals surface area contributed by atoms with Gasteiger partial charge in [0.05, 0.1) is 6.04 Å². The van der Waals surface area contributed by atoms with Crippen molar-refractivity contribution in [3.63, 3.8) is 0 Å². The number of nitrogens with one attached hydrogen (secondary N) is 1. The van der Waals surface area contributed by atoms with E-state index in [9.17, 15) is 0 Å². The van der Waals surface area contributed by atoms with Crippen molar-refractivity contribution < 1.29 is 0 Å². The van der Waals surface area contributed by atoms with Crippen molar-refractivity contribution >= 4 is 0 Å². The quantitative estimate of drug-likeness (QED) is 0.794. The molecule has 1 aromatic carbocycles. The van der Waals surface area contributed by atoms with Gasteiger partial charge in [0.2, 0.25) is 0 Å². The highest BCUT2D eigenvalue weighted by atomic mass is 14.9. The predicted molar refractivity (Wildman–Crippen MR) is 77.5 cm³/mol. The van der Waals surface area contributed by atoms with Gasteiger partial charge in [-0.25, -0.2) is 0 Å². The number of terminal acetylenes is 1. The minimum Gasteiger partial charge on any atom is -0.297 e. The molecule has 2 atom stereocenters. The largest absolute Gasteiger partial charge is 0.297 e. The molecule has 0 aliphatic heterocycles. The summed E-state index contributed by atoms with van der Waals surface area (Å²) in [4.78, 5) is 0. The molecule has 1 aromatic rings. The third kappa shape index (κ3) is 2.94. The molecule has 2 rings (SSSR count). The maximum atomic E-state index is 5.51. The van der Waals surface area contributed by atoms with Gasteiger partial charge in [-0.2, -0.15) is 0 Å². The van der Waals surface area contributed by atoms with Crippen LogP contribution in [0, 0.1) is 12.3 Å². The Morgan fingerprint density at radius 3 is 2.67 bits per heavy atom. The number of fused-ring (bicyclic) bond motifs is 1. The molecule has 0 spiro atoms. The first kappa shape index (κ1) is 13.2. The van der Waals surface area contributed by atoms with Crippen LogP contribution in [0.25, 0.3) is 0 Å². The number of hydrogen-bond donors (Lipinski definition) is 1. The van der Waals surface area contributed by atoms with Crippen LogP contribution in [0.1, 0.15) is 55.8 Å². The van der Waals surface area contributed by atoms with Crippen molar-refractivity contribution in [1.29, 1.82) is 0 Å². The van der Waals surface area contributed by atoms with Crippen molar-refractivity contribution in [3.05, 3.63) is 34.9 Å². The lowest BCUT2D eigenvalue weighted by atomic mass is 9.89. The average molecular weight is 241 g/mol. The van der Waals surface area contributed by atoms with Gasteiger partial charge in [0, 0.05) is 6.04 Å². The predicted octanol–water partition coefficient (Wildman–Crippen LogP) is 3.63. The highest BCUT2D eigenvalue weighted by molar-refractivity contribution is 5.35. The first-order chi connectivity index (χ1) is 8.74. The van der Waals surface area contributed by atoms with Crippen LogP contribution >= 0.6 is 0 Å². The van der Waals surface area contributed by atoms with E-state index in [2.05, 4.69) is 43.3 Å². The van der Waals surface area contributed by atoms with Crippen molar-refractivity contribution in [1.82, 2.24) is 5.32 Å². The van der Waals surface area contributed by atoms with Gasteiger partial charge in [0.1, 0.15) is 0 Å². The second kappa shape index (κ2) is 6.07. The molecule has 0 amide bonds. The van der Waals surface area contributed by atoms with Crippen LogP contribution in [-0.2, 0) is 12.8 Å². The van der Waals surface area contributed by atoms with E-state index in [1.807, 2.05) is 0 Å². The molecule has 1 aliphatic carbocycles. The van der Waals surface area contributed by atoms with E-state index in [-0.39, 0.29) is 6.04 Å². The summed E-state index contributed by atoms with van der Waals surface area (Å²) in [6.07, 6.45) is 11.6. The Morgan fingerprint density at radius 2 is 2.00 bits per heavy atom. The minimum atomic E-state index is 0.177. The van der Waals surface area contributed by atoms with E-state index in [4.69, 9.17) is 6.42 Å². The third-order valence-electron chi connectivity index (χ3n) is 3.93. The van der Waals surface area contributed by atoms with Gasteiger partial charge in [-0.1, -0.05) is 31.0 Å². The molecule has 0 heterocycles. The van der Waals surface area contributed by atoms with Crippen molar-refractivity contribution in [3.8, 4) is 12.3 Å². The number of aryl methyl sites for hydroxylation is 2. The van der Waals surface area contributed by atoms with Crippen LogP contribution in [-0.4, -0.2) is 6.04 Å². The van der Waals surface area contributed by atoms with Gasteiger partial charge in [-0.05, 0) is 55.7 Å². The van der Waals surface area contributed by atoms with Crippen molar-refractivity contribution in [2.75, 3.05) is 0 Å². The number of benzene rings is 1. The van der Waals surface area contributed by atoms with E-state index >= 15 is 0 Å². The summed E-state index contributed by atoms with van der Waals surface area (Å²) in [5.74, 6) is 2.80. The Labute approximate surface area is 111 Å². The molecule has 0 fully saturated rings. The molecule has 0 aromatic heterocycles. The maximum Gasteiger partial charge on any atom is 0.0688 e. The van der Waals surface area contributed by atoms with Crippen LogP contribution in [0.5, 0.6) is 0 Å². The summed E-state index contributed by atoms with van der Waals surface area (Å²) in [5, 5.41) is 3.50. The average Bonchev–Trinajstić information content (AvgIpc) is 2.44. The maximum absolute atomic E-state index is 5.51. The van der Waals surface area contributed by atoms with Gasteiger partial charge in [0.25, 0.3) is 0 Å². The van der Waals surface area contributed by atoms with Crippen LogP contribution in [0.3, 0.4) is 0 Å². The molecule has 0 saturated carbocycles. The normalized spacial score (nSPS) is 17.6. The minimum absolute atomic E-state index is 0.177. The molecule has 0 saturated heterocycles.